The molecule has 1 atom stereocenters. The maximum absolute atomic E-state index is 14.2. The molecule has 0 spiro atoms. The van der Waals surface area contributed by atoms with Gasteiger partial charge >= 0.3 is 11.8 Å². The number of pyridine rings is 2. The number of halogens is 1. The Morgan fingerprint density at radius 3 is 2.44 bits per heavy atom. The number of hydrogen-bond acceptors (Lipinski definition) is 8. The monoisotopic (exact) mass is 630 g/mol. The number of nitrogens with zero attached hydrogens (tertiary/aromatic N) is 6. The van der Waals surface area contributed by atoms with Gasteiger partial charge in [-0.25, -0.2) is 19.1 Å². The van der Waals surface area contributed by atoms with Crippen molar-refractivity contribution in [2.45, 2.75) is 73.0 Å². The average molecular weight is 631 g/mol. The lowest BCUT2D eigenvalue weighted by molar-refractivity contribution is 0.0218. The molecule has 1 aliphatic rings. The standard InChI is InChI=1S/C34H39ClN6O4/c1-19(2)27-29(20(3)13-14-36-27)41-31-25(17-26(35)28(37-31)24-12-10-9-11-23(24)22(5)42)30(38-32(41)43)40-16-15-39(18-21(40)4)33(44)45-34(6,7)8/h9-14,17,19,21H,15-16,18H2,1-8H3/t21-/m0/s1. The molecule has 1 aliphatic heterocycles. The normalized spacial score (nSPS) is 15.6. The van der Waals surface area contributed by atoms with E-state index in [1.54, 1.807) is 35.4 Å². The second-order valence-electron chi connectivity index (χ2n) is 12.8. The lowest BCUT2D eigenvalue weighted by Gasteiger charge is -2.41. The first-order chi connectivity index (χ1) is 21.2. The molecule has 10 nitrogen and oxygen atoms in total. The topological polar surface area (TPSA) is 111 Å². The van der Waals surface area contributed by atoms with E-state index in [2.05, 4.69) is 9.97 Å². The maximum Gasteiger partial charge on any atom is 0.410 e. The first-order valence-electron chi connectivity index (χ1n) is 15.1. The van der Waals surface area contributed by atoms with Crippen LogP contribution in [0.25, 0.3) is 28.0 Å². The fourth-order valence-electron chi connectivity index (χ4n) is 5.76. The minimum atomic E-state index is -0.611. The molecule has 0 radical (unpaired) electrons. The molecular weight excluding hydrogens is 592 g/mol. The second kappa shape index (κ2) is 12.2. The molecule has 1 saturated heterocycles. The number of piperazine rings is 1. The summed E-state index contributed by atoms with van der Waals surface area (Å²) in [6.07, 6.45) is 1.35. The van der Waals surface area contributed by atoms with Crippen LogP contribution in [0.1, 0.15) is 76.0 Å². The minimum absolute atomic E-state index is 0.00712. The Balaban J connectivity index is 1.75. The highest BCUT2D eigenvalue weighted by molar-refractivity contribution is 6.34. The summed E-state index contributed by atoms with van der Waals surface area (Å²) in [4.78, 5) is 57.5. The van der Waals surface area contributed by atoms with Crippen LogP contribution in [-0.4, -0.2) is 67.6 Å². The van der Waals surface area contributed by atoms with Gasteiger partial charge in [0.15, 0.2) is 11.4 Å². The number of aromatic nitrogens is 4. The Hall–Kier alpha value is -4.31. The lowest BCUT2D eigenvalue weighted by atomic mass is 10.0. The number of benzene rings is 1. The van der Waals surface area contributed by atoms with Crippen molar-refractivity contribution in [2.75, 3.05) is 24.5 Å². The quantitative estimate of drug-likeness (QED) is 0.228. The zero-order valence-corrected chi connectivity index (χ0v) is 27.8. The van der Waals surface area contributed by atoms with Crippen molar-refractivity contribution in [3.63, 3.8) is 0 Å². The Bertz CT molecular complexity index is 1860. The highest BCUT2D eigenvalue weighted by Crippen LogP contribution is 2.36. The van der Waals surface area contributed by atoms with Crippen LogP contribution in [0.15, 0.2) is 47.4 Å². The number of carbonyl (C=O) groups is 2. The van der Waals surface area contributed by atoms with Gasteiger partial charge in [0.1, 0.15) is 11.4 Å². The molecule has 45 heavy (non-hydrogen) atoms. The van der Waals surface area contributed by atoms with Crippen molar-refractivity contribution >= 4 is 40.3 Å². The first-order valence-corrected chi connectivity index (χ1v) is 15.5. The summed E-state index contributed by atoms with van der Waals surface area (Å²) in [7, 11) is 0. The average Bonchev–Trinajstić information content (AvgIpc) is 2.96. The molecule has 236 valence electrons. The molecule has 0 bridgehead atoms. The number of rotatable bonds is 5. The minimum Gasteiger partial charge on any atom is -0.444 e. The molecule has 0 N–H and O–H groups in total. The van der Waals surface area contributed by atoms with Crippen molar-refractivity contribution < 1.29 is 14.3 Å². The van der Waals surface area contributed by atoms with E-state index < -0.39 is 11.3 Å². The van der Waals surface area contributed by atoms with Gasteiger partial charge < -0.3 is 14.5 Å². The molecule has 3 aromatic heterocycles. The van der Waals surface area contributed by atoms with Crippen LogP contribution in [0.2, 0.25) is 5.02 Å². The number of ether oxygens (including phenoxy) is 1. The number of hydrogen-bond donors (Lipinski definition) is 0. The Kier molecular flexibility index (Phi) is 8.72. The number of carbonyl (C=O) groups excluding carboxylic acids is 2. The maximum atomic E-state index is 14.2. The van der Waals surface area contributed by atoms with Gasteiger partial charge in [0.05, 0.1) is 27.5 Å². The predicted octanol–water partition coefficient (Wildman–Crippen LogP) is 6.58. The van der Waals surface area contributed by atoms with Crippen LogP contribution in [0, 0.1) is 6.92 Å². The molecule has 0 unspecified atom stereocenters. The van der Waals surface area contributed by atoms with Crippen molar-refractivity contribution in [3.8, 4) is 16.9 Å². The molecule has 1 amide bonds. The van der Waals surface area contributed by atoms with E-state index in [1.165, 1.54) is 11.5 Å². The molecule has 4 heterocycles. The fraction of sp³-hybridized carbons (Fsp3) is 0.412. The molecule has 4 aromatic rings. The van der Waals surface area contributed by atoms with Crippen molar-refractivity contribution in [1.29, 1.82) is 0 Å². The molecule has 11 heteroatoms. The van der Waals surface area contributed by atoms with Crippen molar-refractivity contribution in [1.82, 2.24) is 24.4 Å². The van der Waals surface area contributed by atoms with Gasteiger partial charge in [0.2, 0.25) is 0 Å². The van der Waals surface area contributed by atoms with Crippen LogP contribution in [0.4, 0.5) is 10.6 Å². The highest BCUT2D eigenvalue weighted by Gasteiger charge is 2.33. The third kappa shape index (κ3) is 6.29. The highest BCUT2D eigenvalue weighted by atomic mass is 35.5. The molecule has 1 aromatic carbocycles. The number of fused-ring (bicyclic) bond motifs is 1. The summed E-state index contributed by atoms with van der Waals surface area (Å²) in [6.45, 7) is 16.1. The number of anilines is 1. The molecule has 1 fully saturated rings. The second-order valence-corrected chi connectivity index (χ2v) is 13.2. The summed E-state index contributed by atoms with van der Waals surface area (Å²) in [6, 6.07) is 10.6. The van der Waals surface area contributed by atoms with Gasteiger partial charge in [-0.05, 0) is 65.2 Å². The van der Waals surface area contributed by atoms with E-state index in [-0.39, 0.29) is 23.8 Å². The van der Waals surface area contributed by atoms with Gasteiger partial charge in [0.25, 0.3) is 0 Å². The van der Waals surface area contributed by atoms with Gasteiger partial charge in [-0.1, -0.05) is 49.7 Å². The smallest absolute Gasteiger partial charge is 0.410 e. The van der Waals surface area contributed by atoms with Gasteiger partial charge in [0, 0.05) is 43.0 Å². The molecular formula is C34H39ClN6O4. The van der Waals surface area contributed by atoms with E-state index in [0.717, 1.165) is 11.3 Å². The zero-order chi connectivity index (χ0) is 32.8. The van der Waals surface area contributed by atoms with Gasteiger partial charge in [-0.2, -0.15) is 4.98 Å². The largest absolute Gasteiger partial charge is 0.444 e. The number of amides is 1. The van der Waals surface area contributed by atoms with Crippen LogP contribution in [0.3, 0.4) is 0 Å². The molecule has 0 aliphatic carbocycles. The van der Waals surface area contributed by atoms with Crippen LogP contribution in [0.5, 0.6) is 0 Å². The Labute approximate surface area is 268 Å². The third-order valence-corrected chi connectivity index (χ3v) is 8.13. The van der Waals surface area contributed by atoms with E-state index in [4.69, 9.17) is 21.3 Å². The first kappa shape index (κ1) is 32.1. The summed E-state index contributed by atoms with van der Waals surface area (Å²) < 4.78 is 7.11. The van der Waals surface area contributed by atoms with Crippen LogP contribution < -0.4 is 10.6 Å². The van der Waals surface area contributed by atoms with Gasteiger partial charge in [-0.15, -0.1) is 0 Å². The van der Waals surface area contributed by atoms with Crippen molar-refractivity contribution in [3.05, 3.63) is 74.9 Å². The molecule has 5 rings (SSSR count). The number of ketones is 1. The summed E-state index contributed by atoms with van der Waals surface area (Å²) in [5, 5.41) is 0.885. The Morgan fingerprint density at radius 2 is 1.80 bits per heavy atom. The Morgan fingerprint density at radius 1 is 1.09 bits per heavy atom. The molecule has 0 saturated carbocycles. The summed E-state index contributed by atoms with van der Waals surface area (Å²) in [5.41, 5.74) is 2.84. The van der Waals surface area contributed by atoms with E-state index in [0.29, 0.717) is 64.0 Å². The number of aryl methyl sites for hydroxylation is 1. The lowest BCUT2D eigenvalue weighted by Crippen LogP contribution is -2.55. The van der Waals surface area contributed by atoms with Gasteiger partial charge in [-0.3, -0.25) is 9.78 Å². The third-order valence-electron chi connectivity index (χ3n) is 7.84. The zero-order valence-electron chi connectivity index (χ0n) is 27.0. The van der Waals surface area contributed by atoms with Crippen LogP contribution in [-0.2, 0) is 4.74 Å². The SMILES string of the molecule is CC(=O)c1ccccc1-c1nc2c(cc1Cl)c(N1CCN(C(=O)OC(C)(C)C)C[C@@H]1C)nc(=O)n2-c1c(C)ccnc1C(C)C. The van der Waals surface area contributed by atoms with Crippen LogP contribution >= 0.6 is 11.6 Å². The summed E-state index contributed by atoms with van der Waals surface area (Å²) >= 11 is 6.95. The predicted molar refractivity (Wildman–Crippen MR) is 177 cm³/mol. The van der Waals surface area contributed by atoms with E-state index >= 15 is 0 Å². The summed E-state index contributed by atoms with van der Waals surface area (Å²) in [5.74, 6) is 0.307. The van der Waals surface area contributed by atoms with Crippen molar-refractivity contribution in [2.24, 2.45) is 0 Å². The fourth-order valence-corrected chi connectivity index (χ4v) is 6.01. The van der Waals surface area contributed by atoms with E-state index in [9.17, 15) is 14.4 Å². The van der Waals surface area contributed by atoms with E-state index in [1.807, 2.05) is 65.5 Å². The number of Topliss-reactive ketones (excluding diaryl/α,β-unsaturated/α-hetero) is 1.